The lowest BCUT2D eigenvalue weighted by Crippen LogP contribution is -2.59. The van der Waals surface area contributed by atoms with Crippen LogP contribution in [-0.2, 0) is 22.3 Å². The number of fused-ring (bicyclic) bond motifs is 5. The first-order valence-corrected chi connectivity index (χ1v) is 11.5. The summed E-state index contributed by atoms with van der Waals surface area (Å²) in [5.74, 6) is 0.208. The Morgan fingerprint density at radius 3 is 2.06 bits per heavy atom. The van der Waals surface area contributed by atoms with Gasteiger partial charge in [0, 0.05) is 11.1 Å². The maximum absolute atomic E-state index is 10.4. The highest BCUT2D eigenvalue weighted by Crippen LogP contribution is 2.37. The van der Waals surface area contributed by atoms with Gasteiger partial charge in [-0.1, -0.05) is 18.6 Å². The second-order valence-corrected chi connectivity index (χ2v) is 8.94. The van der Waals surface area contributed by atoms with E-state index in [0.29, 0.717) is 30.4 Å². The van der Waals surface area contributed by atoms with Crippen molar-refractivity contribution in [1.29, 1.82) is 0 Å². The molecule has 0 aromatic heterocycles. The summed E-state index contributed by atoms with van der Waals surface area (Å²) >= 11 is 0. The van der Waals surface area contributed by atoms with Crippen molar-refractivity contribution in [3.63, 3.8) is 0 Å². The second kappa shape index (κ2) is 10.4. The molecule has 8 nitrogen and oxygen atoms in total. The van der Waals surface area contributed by atoms with E-state index >= 15 is 0 Å². The molecule has 1 saturated heterocycles. The molecule has 2 aromatic rings. The monoisotopic (exact) mass is 460 g/mol. The van der Waals surface area contributed by atoms with E-state index in [9.17, 15) is 30.6 Å². The molecule has 2 aliphatic rings. The zero-order valence-corrected chi connectivity index (χ0v) is 18.4. The Bertz CT molecular complexity index is 946. The zero-order chi connectivity index (χ0) is 23.5. The van der Waals surface area contributed by atoms with Crippen LogP contribution in [0, 0.1) is 0 Å². The lowest BCUT2D eigenvalue weighted by molar-refractivity contribution is -0.312. The SMILES string of the molecule is OC[C@H]1O[C@H](O[C@@H]2CCCCc3ccc(O)c(c3)-c3cc(ccc3O)CC2)[C@H](O)[C@@H](O)[C@@H]1O. The molecule has 1 aliphatic heterocycles. The lowest BCUT2D eigenvalue weighted by atomic mass is 9.96. The molecule has 0 spiro atoms. The number of phenolic OH excluding ortho intramolecular Hbond substituents is 2. The molecule has 0 saturated carbocycles. The van der Waals surface area contributed by atoms with Crippen LogP contribution in [0.4, 0.5) is 0 Å². The number of aliphatic hydroxyl groups excluding tert-OH is 4. The molecule has 4 bridgehead atoms. The molecular weight excluding hydrogens is 428 g/mol. The molecule has 2 aromatic carbocycles. The number of benzene rings is 2. The van der Waals surface area contributed by atoms with Gasteiger partial charge in [0.15, 0.2) is 6.29 Å². The molecule has 0 unspecified atom stereocenters. The third kappa shape index (κ3) is 5.32. The first-order chi connectivity index (χ1) is 15.9. The highest BCUT2D eigenvalue weighted by atomic mass is 16.7. The standard InChI is InChI=1S/C25H32O8/c26-13-21-22(29)23(30)24(31)25(33-21)32-16-4-2-1-3-14-6-9-19(27)17(11-14)18-12-15(5-8-16)7-10-20(18)28/h6-7,9-12,16,21-31H,1-5,8,13H2/t16-,21-,22-,23+,24-,25+/m1/s1. The quantitative estimate of drug-likeness (QED) is 0.406. The van der Waals surface area contributed by atoms with Gasteiger partial charge < -0.3 is 40.1 Å². The minimum Gasteiger partial charge on any atom is -0.507 e. The van der Waals surface area contributed by atoms with Crippen molar-refractivity contribution >= 4 is 0 Å². The highest BCUT2D eigenvalue weighted by Gasteiger charge is 2.44. The predicted octanol–water partition coefficient (Wildman–Crippen LogP) is 1.61. The largest absolute Gasteiger partial charge is 0.507 e. The van der Waals surface area contributed by atoms with Gasteiger partial charge in [0.2, 0.25) is 0 Å². The Kier molecular flexibility index (Phi) is 7.53. The van der Waals surface area contributed by atoms with E-state index in [2.05, 4.69) is 0 Å². The number of hydrogen-bond donors (Lipinski definition) is 6. The van der Waals surface area contributed by atoms with Gasteiger partial charge in [-0.25, -0.2) is 0 Å². The van der Waals surface area contributed by atoms with Gasteiger partial charge in [-0.2, -0.15) is 0 Å². The predicted molar refractivity (Wildman–Crippen MR) is 120 cm³/mol. The van der Waals surface area contributed by atoms with Crippen molar-refractivity contribution in [2.45, 2.75) is 75.3 Å². The van der Waals surface area contributed by atoms with Gasteiger partial charge in [-0.15, -0.1) is 0 Å². The summed E-state index contributed by atoms with van der Waals surface area (Å²) in [6.45, 7) is -0.503. The molecule has 4 rings (SSSR count). The van der Waals surface area contributed by atoms with Gasteiger partial charge in [0.05, 0.1) is 12.7 Å². The summed E-state index contributed by atoms with van der Waals surface area (Å²) < 4.78 is 11.6. The molecule has 1 heterocycles. The van der Waals surface area contributed by atoms with Crippen molar-refractivity contribution < 1.29 is 40.1 Å². The van der Waals surface area contributed by atoms with Crippen LogP contribution in [0.25, 0.3) is 11.1 Å². The average Bonchev–Trinajstić information content (AvgIpc) is 2.82. The third-order valence-electron chi connectivity index (χ3n) is 6.58. The van der Waals surface area contributed by atoms with Gasteiger partial charge in [0.1, 0.15) is 35.9 Å². The number of hydrogen-bond acceptors (Lipinski definition) is 8. The van der Waals surface area contributed by atoms with Crippen molar-refractivity contribution in [3.05, 3.63) is 47.5 Å². The van der Waals surface area contributed by atoms with E-state index in [1.807, 2.05) is 24.3 Å². The summed E-state index contributed by atoms with van der Waals surface area (Å²) in [6.07, 6.45) is -2.36. The van der Waals surface area contributed by atoms with Gasteiger partial charge in [0.25, 0.3) is 0 Å². The topological polar surface area (TPSA) is 140 Å². The number of ether oxygens (including phenoxy) is 2. The van der Waals surface area contributed by atoms with E-state index in [1.165, 1.54) is 0 Å². The van der Waals surface area contributed by atoms with Gasteiger partial charge >= 0.3 is 0 Å². The number of aryl methyl sites for hydroxylation is 2. The van der Waals surface area contributed by atoms with Crippen molar-refractivity contribution in [2.24, 2.45) is 0 Å². The normalized spacial score (nSPS) is 30.7. The molecule has 1 fully saturated rings. The molecular formula is C25H32O8. The van der Waals surface area contributed by atoms with Crippen LogP contribution in [0.3, 0.4) is 0 Å². The number of aromatic hydroxyl groups is 2. The second-order valence-electron chi connectivity index (χ2n) is 8.94. The zero-order valence-electron chi connectivity index (χ0n) is 18.4. The number of aliphatic hydroxyl groups is 4. The Labute approximate surface area is 192 Å². The minimum absolute atomic E-state index is 0.0928. The average molecular weight is 461 g/mol. The van der Waals surface area contributed by atoms with E-state index in [4.69, 9.17) is 9.47 Å². The van der Waals surface area contributed by atoms with E-state index < -0.39 is 37.3 Å². The Balaban J connectivity index is 1.55. The summed E-state index contributed by atoms with van der Waals surface area (Å²) in [6, 6.07) is 10.7. The van der Waals surface area contributed by atoms with Gasteiger partial charge in [-0.3, -0.25) is 0 Å². The van der Waals surface area contributed by atoms with Crippen LogP contribution in [0.1, 0.15) is 36.8 Å². The Hall–Kier alpha value is -2.20. The molecule has 6 atom stereocenters. The molecule has 8 heteroatoms. The lowest BCUT2D eigenvalue weighted by Gasteiger charge is -2.41. The highest BCUT2D eigenvalue weighted by molar-refractivity contribution is 5.76. The maximum Gasteiger partial charge on any atom is 0.186 e. The van der Waals surface area contributed by atoms with E-state index in [1.54, 1.807) is 12.1 Å². The van der Waals surface area contributed by atoms with Crippen LogP contribution in [-0.4, -0.2) is 74.1 Å². The summed E-state index contributed by atoms with van der Waals surface area (Å²) in [5.41, 5.74) is 3.17. The maximum atomic E-state index is 10.4. The molecule has 6 N–H and O–H groups in total. The number of rotatable bonds is 3. The summed E-state index contributed by atoms with van der Waals surface area (Å²) in [5, 5.41) is 60.7. The summed E-state index contributed by atoms with van der Waals surface area (Å²) in [7, 11) is 0. The van der Waals surface area contributed by atoms with Crippen LogP contribution in [0.15, 0.2) is 36.4 Å². The number of phenols is 2. The first kappa shape index (κ1) is 23.9. The molecule has 0 amide bonds. The van der Waals surface area contributed by atoms with Crippen molar-refractivity contribution in [3.8, 4) is 22.6 Å². The minimum atomic E-state index is -1.48. The molecule has 1 aliphatic carbocycles. The van der Waals surface area contributed by atoms with Gasteiger partial charge in [-0.05, 0) is 67.5 Å². The van der Waals surface area contributed by atoms with Crippen LogP contribution >= 0.6 is 0 Å². The molecule has 0 radical (unpaired) electrons. The van der Waals surface area contributed by atoms with Crippen molar-refractivity contribution in [1.82, 2.24) is 0 Å². The van der Waals surface area contributed by atoms with Crippen LogP contribution in [0.2, 0.25) is 0 Å². The Morgan fingerprint density at radius 2 is 1.42 bits per heavy atom. The fraction of sp³-hybridized carbons (Fsp3) is 0.520. The third-order valence-corrected chi connectivity index (χ3v) is 6.58. The van der Waals surface area contributed by atoms with Crippen molar-refractivity contribution in [2.75, 3.05) is 6.61 Å². The molecule has 33 heavy (non-hydrogen) atoms. The fourth-order valence-electron chi connectivity index (χ4n) is 4.59. The summed E-state index contributed by atoms with van der Waals surface area (Å²) in [4.78, 5) is 0. The van der Waals surface area contributed by atoms with E-state index in [-0.39, 0.29) is 17.6 Å². The Morgan fingerprint density at radius 1 is 0.788 bits per heavy atom. The van der Waals surface area contributed by atoms with Crippen LogP contribution in [0.5, 0.6) is 11.5 Å². The molecule has 180 valence electrons. The first-order valence-electron chi connectivity index (χ1n) is 11.5. The smallest absolute Gasteiger partial charge is 0.186 e. The van der Waals surface area contributed by atoms with Crippen LogP contribution < -0.4 is 0 Å². The fourth-order valence-corrected chi connectivity index (χ4v) is 4.59. The van der Waals surface area contributed by atoms with E-state index in [0.717, 1.165) is 30.4 Å².